The van der Waals surface area contributed by atoms with E-state index in [4.69, 9.17) is 27.4 Å². The van der Waals surface area contributed by atoms with Gasteiger partial charge in [0, 0.05) is 34.1 Å². The van der Waals surface area contributed by atoms with Crippen LogP contribution >= 0.6 is 23.2 Å². The number of rotatable bonds is 7. The van der Waals surface area contributed by atoms with E-state index in [9.17, 15) is 17.6 Å². The second kappa shape index (κ2) is 10.5. The average Bonchev–Trinajstić information content (AvgIpc) is 2.94. The van der Waals surface area contributed by atoms with Crippen molar-refractivity contribution in [2.24, 2.45) is 0 Å². The molecule has 0 bridgehead atoms. The van der Waals surface area contributed by atoms with Crippen LogP contribution in [0.4, 0.5) is 4.39 Å². The molecule has 1 aliphatic heterocycles. The van der Waals surface area contributed by atoms with Crippen molar-refractivity contribution in [3.8, 4) is 0 Å². The molecule has 0 N–H and O–H groups in total. The largest absolute Gasteiger partial charge is 0.342 e. The molecule has 1 heterocycles. The predicted octanol–water partition coefficient (Wildman–Crippen LogP) is 4.99. The molecule has 0 spiro atoms. The fraction of sp³-hybridized carbons (Fsp3) is 0.435. The third kappa shape index (κ3) is 6.44. The fourth-order valence-corrected chi connectivity index (χ4v) is 5.06. The Morgan fingerprint density at radius 3 is 2.62 bits per heavy atom. The van der Waals surface area contributed by atoms with Crippen molar-refractivity contribution in [3.05, 3.63) is 69.5 Å². The molecule has 2 aromatic rings. The molecular weight excluding hydrogens is 476 g/mol. The quantitative estimate of drug-likeness (QED) is 0.501. The van der Waals surface area contributed by atoms with Crippen LogP contribution in [-0.2, 0) is 30.9 Å². The molecule has 5 nitrogen and oxygen atoms in total. The Labute approximate surface area is 198 Å². The van der Waals surface area contributed by atoms with Crippen molar-refractivity contribution < 1.29 is 21.8 Å². The number of benzene rings is 2. The molecule has 0 aromatic heterocycles. The Kier molecular flexibility index (Phi) is 8.20. The highest BCUT2D eigenvalue weighted by Crippen LogP contribution is 2.38. The Morgan fingerprint density at radius 1 is 1.19 bits per heavy atom. The smallest absolute Gasteiger partial charge is 0.264 e. The van der Waals surface area contributed by atoms with E-state index in [2.05, 4.69) is 0 Å². The minimum atomic E-state index is -3.59. The predicted molar refractivity (Wildman–Crippen MR) is 124 cm³/mol. The number of carbonyl (C=O) groups is 1. The molecule has 0 radical (unpaired) electrons. The summed E-state index contributed by atoms with van der Waals surface area (Å²) in [4.78, 5) is 14.9. The Hall–Kier alpha value is -1.67. The maximum atomic E-state index is 14.3. The van der Waals surface area contributed by atoms with Crippen LogP contribution in [0.3, 0.4) is 0 Å². The van der Waals surface area contributed by atoms with E-state index < -0.39 is 21.4 Å². The molecule has 2 aromatic carbocycles. The van der Waals surface area contributed by atoms with Crippen LogP contribution in [0.5, 0.6) is 0 Å². The van der Waals surface area contributed by atoms with Crippen LogP contribution in [0.2, 0.25) is 10.0 Å². The normalized spacial score (nSPS) is 19.6. The van der Waals surface area contributed by atoms with Gasteiger partial charge in [0.15, 0.2) is 0 Å². The number of carbonyl (C=O) groups excluding carboxylic acids is 1. The summed E-state index contributed by atoms with van der Waals surface area (Å²) in [6.45, 7) is 0.873. The third-order valence-corrected chi connectivity index (χ3v) is 7.07. The summed E-state index contributed by atoms with van der Waals surface area (Å²) in [6, 6.07) is 11.8. The Balaban J connectivity index is 1.89. The summed E-state index contributed by atoms with van der Waals surface area (Å²) in [7, 11) is -3.59. The van der Waals surface area contributed by atoms with E-state index in [1.807, 2.05) is 18.2 Å². The van der Waals surface area contributed by atoms with Gasteiger partial charge < -0.3 is 4.90 Å². The van der Waals surface area contributed by atoms with E-state index in [0.29, 0.717) is 24.5 Å². The highest BCUT2D eigenvalue weighted by atomic mass is 35.5. The van der Waals surface area contributed by atoms with Gasteiger partial charge >= 0.3 is 0 Å². The summed E-state index contributed by atoms with van der Waals surface area (Å²) in [5.41, 5.74) is 0.559. The molecular formula is C23H26Cl2FNO4S. The van der Waals surface area contributed by atoms with Crippen molar-refractivity contribution in [3.63, 3.8) is 0 Å². The zero-order valence-corrected chi connectivity index (χ0v) is 20.1. The first-order valence-electron chi connectivity index (χ1n) is 10.4. The molecule has 174 valence electrons. The summed E-state index contributed by atoms with van der Waals surface area (Å²) in [5, 5.41) is 0.780. The van der Waals surface area contributed by atoms with Gasteiger partial charge in [-0.2, -0.15) is 8.42 Å². The van der Waals surface area contributed by atoms with Crippen molar-refractivity contribution >= 4 is 39.2 Å². The average molecular weight is 502 g/mol. The SMILES string of the molecule is CS(=O)(=O)OCC[C@]1(c2cccc(Cl)c2)CCCCN(C(=O)Cc2c(F)cccc2Cl)C1. The van der Waals surface area contributed by atoms with Crippen molar-refractivity contribution in [2.75, 3.05) is 26.0 Å². The van der Waals surface area contributed by atoms with E-state index in [1.54, 1.807) is 17.0 Å². The third-order valence-electron chi connectivity index (χ3n) is 5.88. The van der Waals surface area contributed by atoms with E-state index >= 15 is 0 Å². The molecule has 1 aliphatic rings. The Bertz CT molecular complexity index is 1060. The minimum Gasteiger partial charge on any atom is -0.342 e. The molecule has 0 aliphatic carbocycles. The minimum absolute atomic E-state index is 0.00742. The first-order chi connectivity index (χ1) is 15.1. The van der Waals surface area contributed by atoms with Crippen LogP contribution < -0.4 is 0 Å². The lowest BCUT2D eigenvalue weighted by molar-refractivity contribution is -0.131. The molecule has 1 fully saturated rings. The van der Waals surface area contributed by atoms with Gasteiger partial charge in [0.1, 0.15) is 5.82 Å². The highest BCUT2D eigenvalue weighted by molar-refractivity contribution is 7.85. The zero-order chi connectivity index (χ0) is 23.4. The number of likely N-dealkylation sites (tertiary alicyclic amines) is 1. The second-order valence-electron chi connectivity index (χ2n) is 8.22. The van der Waals surface area contributed by atoms with E-state index in [1.165, 1.54) is 12.1 Å². The van der Waals surface area contributed by atoms with Crippen LogP contribution in [-0.4, -0.2) is 45.2 Å². The number of amides is 1. The van der Waals surface area contributed by atoms with Gasteiger partial charge in [-0.25, -0.2) is 4.39 Å². The molecule has 32 heavy (non-hydrogen) atoms. The van der Waals surface area contributed by atoms with Gasteiger partial charge in [0.2, 0.25) is 5.91 Å². The first kappa shape index (κ1) is 25.0. The van der Waals surface area contributed by atoms with Gasteiger partial charge in [-0.05, 0) is 49.1 Å². The molecule has 1 saturated heterocycles. The van der Waals surface area contributed by atoms with E-state index in [-0.39, 0.29) is 29.5 Å². The van der Waals surface area contributed by atoms with Crippen LogP contribution in [0, 0.1) is 5.82 Å². The first-order valence-corrected chi connectivity index (χ1v) is 13.0. The summed E-state index contributed by atoms with van der Waals surface area (Å²) < 4.78 is 42.3. The van der Waals surface area contributed by atoms with Crippen molar-refractivity contribution in [1.29, 1.82) is 0 Å². The number of hydrogen-bond donors (Lipinski definition) is 0. The number of nitrogens with zero attached hydrogens (tertiary/aromatic N) is 1. The number of hydrogen-bond acceptors (Lipinski definition) is 4. The maximum Gasteiger partial charge on any atom is 0.264 e. The van der Waals surface area contributed by atoms with Gasteiger partial charge in [0.05, 0.1) is 19.3 Å². The fourth-order valence-electron chi connectivity index (χ4n) is 4.26. The summed E-state index contributed by atoms with van der Waals surface area (Å²) in [6.07, 6.45) is 3.63. The topological polar surface area (TPSA) is 63.7 Å². The summed E-state index contributed by atoms with van der Waals surface area (Å²) in [5.74, 6) is -0.738. The van der Waals surface area contributed by atoms with Gasteiger partial charge in [-0.1, -0.05) is 47.8 Å². The van der Waals surface area contributed by atoms with E-state index in [0.717, 1.165) is 31.1 Å². The van der Waals surface area contributed by atoms with Gasteiger partial charge in [0.25, 0.3) is 10.1 Å². The molecule has 3 rings (SSSR count). The molecule has 0 unspecified atom stereocenters. The summed E-state index contributed by atoms with van der Waals surface area (Å²) >= 11 is 12.4. The lowest BCUT2D eigenvalue weighted by Crippen LogP contribution is -2.44. The van der Waals surface area contributed by atoms with Gasteiger partial charge in [-0.15, -0.1) is 0 Å². The van der Waals surface area contributed by atoms with Crippen LogP contribution in [0.25, 0.3) is 0 Å². The maximum absolute atomic E-state index is 14.3. The lowest BCUT2D eigenvalue weighted by atomic mass is 9.74. The van der Waals surface area contributed by atoms with Crippen molar-refractivity contribution in [2.45, 2.75) is 37.5 Å². The lowest BCUT2D eigenvalue weighted by Gasteiger charge is -2.37. The van der Waals surface area contributed by atoms with Crippen molar-refractivity contribution in [1.82, 2.24) is 4.90 Å². The molecule has 9 heteroatoms. The molecule has 1 amide bonds. The molecule has 1 atom stereocenters. The molecule has 0 saturated carbocycles. The van der Waals surface area contributed by atoms with Crippen LogP contribution in [0.1, 0.15) is 36.8 Å². The standard InChI is InChI=1S/C23H26Cl2FNO4S/c1-32(29,30)31-13-11-23(17-6-4-7-18(24)14-17)10-2-3-12-27(16-23)22(28)15-19-20(25)8-5-9-21(19)26/h4-9,14H,2-3,10-13,15-16H2,1H3/t23-/m1/s1. The zero-order valence-electron chi connectivity index (χ0n) is 17.8. The monoisotopic (exact) mass is 501 g/mol. The highest BCUT2D eigenvalue weighted by Gasteiger charge is 2.37. The Morgan fingerprint density at radius 2 is 1.94 bits per heavy atom. The second-order valence-corrected chi connectivity index (χ2v) is 10.7. The number of halogens is 3. The van der Waals surface area contributed by atoms with Crippen LogP contribution in [0.15, 0.2) is 42.5 Å². The van der Waals surface area contributed by atoms with Gasteiger partial charge in [-0.3, -0.25) is 8.98 Å².